The van der Waals surface area contributed by atoms with Crippen LogP contribution in [0.2, 0.25) is 10.2 Å². The fourth-order valence-corrected chi connectivity index (χ4v) is 1.65. The van der Waals surface area contributed by atoms with Crippen molar-refractivity contribution in [3.05, 3.63) is 27.5 Å². The fraction of sp³-hybridized carbons (Fsp3) is 0.250. The molecule has 0 spiro atoms. The molecule has 1 amide bonds. The van der Waals surface area contributed by atoms with Crippen molar-refractivity contribution in [1.82, 2.24) is 4.98 Å². The van der Waals surface area contributed by atoms with E-state index in [9.17, 15) is 4.79 Å². The molecule has 0 aliphatic heterocycles. The first-order valence-electron chi connectivity index (χ1n) is 3.71. The zero-order valence-corrected chi connectivity index (χ0v) is 8.49. The van der Waals surface area contributed by atoms with Crippen LogP contribution in [-0.4, -0.2) is 10.9 Å². The van der Waals surface area contributed by atoms with Gasteiger partial charge >= 0.3 is 0 Å². The lowest BCUT2D eigenvalue weighted by atomic mass is 10.2. The van der Waals surface area contributed by atoms with Crippen molar-refractivity contribution in [2.75, 3.05) is 0 Å². The predicted octanol–water partition coefficient (Wildman–Crippen LogP) is 2.05. The van der Waals surface area contributed by atoms with Crippen LogP contribution in [0.1, 0.15) is 23.0 Å². The predicted molar refractivity (Wildman–Crippen MR) is 52.2 cm³/mol. The Kier molecular flexibility index (Phi) is 3.12. The Morgan fingerprint density at radius 1 is 1.62 bits per heavy atom. The summed E-state index contributed by atoms with van der Waals surface area (Å²) in [5.41, 5.74) is 5.84. The highest BCUT2D eigenvalue weighted by atomic mass is 35.5. The maximum absolute atomic E-state index is 10.7. The third kappa shape index (κ3) is 2.11. The Balaban J connectivity index is 3.28. The Hall–Kier alpha value is -0.800. The molecular weight excluding hydrogens is 211 g/mol. The van der Waals surface area contributed by atoms with Gasteiger partial charge in [-0.05, 0) is 12.5 Å². The number of hydrogen-bond donors (Lipinski definition) is 1. The zero-order chi connectivity index (χ0) is 10.0. The normalized spacial score (nSPS) is 10.1. The van der Waals surface area contributed by atoms with Gasteiger partial charge < -0.3 is 5.73 Å². The smallest absolute Gasteiger partial charge is 0.267 e. The van der Waals surface area contributed by atoms with E-state index < -0.39 is 5.91 Å². The van der Waals surface area contributed by atoms with Gasteiger partial charge in [0.15, 0.2) is 0 Å². The lowest BCUT2D eigenvalue weighted by molar-refractivity contribution is 0.0995. The van der Waals surface area contributed by atoms with Gasteiger partial charge in [-0.15, -0.1) is 0 Å². The van der Waals surface area contributed by atoms with Gasteiger partial charge in [-0.25, -0.2) is 4.98 Å². The molecule has 70 valence electrons. The largest absolute Gasteiger partial charge is 0.364 e. The molecule has 0 unspecified atom stereocenters. The maximum atomic E-state index is 10.7. The summed E-state index contributed by atoms with van der Waals surface area (Å²) < 4.78 is 0. The first kappa shape index (κ1) is 10.3. The molecule has 3 nitrogen and oxygen atoms in total. The molecule has 0 aromatic carbocycles. The third-order valence-corrected chi connectivity index (χ3v) is 2.28. The molecule has 2 N–H and O–H groups in total. The monoisotopic (exact) mass is 218 g/mol. The number of nitrogens with two attached hydrogens (primary N) is 1. The van der Waals surface area contributed by atoms with Crippen molar-refractivity contribution < 1.29 is 4.79 Å². The Morgan fingerprint density at radius 3 is 2.62 bits per heavy atom. The van der Waals surface area contributed by atoms with Crippen LogP contribution in [0.5, 0.6) is 0 Å². The van der Waals surface area contributed by atoms with E-state index in [4.69, 9.17) is 28.9 Å². The molecule has 0 saturated carbocycles. The van der Waals surface area contributed by atoms with Crippen LogP contribution >= 0.6 is 23.2 Å². The molecule has 1 heterocycles. The Bertz CT molecular complexity index is 329. The number of aromatic nitrogens is 1. The topological polar surface area (TPSA) is 56.0 Å². The molecule has 0 saturated heterocycles. The van der Waals surface area contributed by atoms with Gasteiger partial charge in [-0.1, -0.05) is 30.1 Å². The minimum atomic E-state index is -0.633. The lowest BCUT2D eigenvalue weighted by Gasteiger charge is -2.04. The molecule has 1 aromatic heterocycles. The molecular formula is C8H8Cl2N2O. The van der Waals surface area contributed by atoms with Crippen molar-refractivity contribution >= 4 is 29.1 Å². The van der Waals surface area contributed by atoms with Crippen LogP contribution in [0.15, 0.2) is 6.07 Å². The molecule has 0 radical (unpaired) electrons. The standard InChI is InChI=1S/C8H8Cl2N2O/c1-2-4-5(9)3-6(8(11)13)12-7(4)10/h3H,2H2,1H3,(H2,11,13). The second-order valence-corrected chi connectivity index (χ2v) is 3.24. The number of hydrogen-bond acceptors (Lipinski definition) is 2. The summed E-state index contributed by atoms with van der Waals surface area (Å²) in [6.45, 7) is 1.90. The molecule has 0 fully saturated rings. The summed E-state index contributed by atoms with van der Waals surface area (Å²) in [6, 6.07) is 1.43. The second kappa shape index (κ2) is 3.94. The average molecular weight is 219 g/mol. The molecule has 5 heteroatoms. The number of amides is 1. The van der Waals surface area contributed by atoms with Crippen molar-refractivity contribution in [3.8, 4) is 0 Å². The van der Waals surface area contributed by atoms with Gasteiger partial charge in [0, 0.05) is 10.6 Å². The van der Waals surface area contributed by atoms with E-state index in [0.29, 0.717) is 11.4 Å². The van der Waals surface area contributed by atoms with Gasteiger partial charge in [-0.2, -0.15) is 0 Å². The van der Waals surface area contributed by atoms with Crippen LogP contribution < -0.4 is 5.73 Å². The van der Waals surface area contributed by atoms with Gasteiger partial charge in [-0.3, -0.25) is 4.79 Å². The quantitative estimate of drug-likeness (QED) is 0.773. The highest BCUT2D eigenvalue weighted by Crippen LogP contribution is 2.23. The summed E-state index contributed by atoms with van der Waals surface area (Å²) in [5.74, 6) is -0.633. The molecule has 0 aliphatic carbocycles. The van der Waals surface area contributed by atoms with Gasteiger partial charge in [0.1, 0.15) is 10.8 Å². The number of carbonyl (C=O) groups is 1. The van der Waals surface area contributed by atoms with E-state index in [1.54, 1.807) is 0 Å². The molecule has 0 atom stereocenters. The number of nitrogens with zero attached hydrogens (tertiary/aromatic N) is 1. The van der Waals surface area contributed by atoms with E-state index in [1.807, 2.05) is 6.92 Å². The van der Waals surface area contributed by atoms with E-state index in [2.05, 4.69) is 4.98 Å². The first-order valence-corrected chi connectivity index (χ1v) is 4.46. The van der Waals surface area contributed by atoms with Gasteiger partial charge in [0.05, 0.1) is 0 Å². The highest BCUT2D eigenvalue weighted by molar-refractivity contribution is 6.35. The van der Waals surface area contributed by atoms with E-state index in [1.165, 1.54) is 6.07 Å². The third-order valence-electron chi connectivity index (χ3n) is 1.63. The van der Waals surface area contributed by atoms with E-state index >= 15 is 0 Å². The van der Waals surface area contributed by atoms with E-state index in [-0.39, 0.29) is 10.8 Å². The molecule has 1 aromatic rings. The highest BCUT2D eigenvalue weighted by Gasteiger charge is 2.10. The van der Waals surface area contributed by atoms with Crippen LogP contribution in [0.4, 0.5) is 0 Å². The Labute approximate surface area is 85.9 Å². The first-order chi connectivity index (χ1) is 6.06. The van der Waals surface area contributed by atoms with Crippen molar-refractivity contribution in [1.29, 1.82) is 0 Å². The maximum Gasteiger partial charge on any atom is 0.267 e. The lowest BCUT2D eigenvalue weighted by Crippen LogP contribution is -2.13. The summed E-state index contributed by atoms with van der Waals surface area (Å²) >= 11 is 11.6. The second-order valence-electron chi connectivity index (χ2n) is 2.48. The number of carbonyl (C=O) groups excluding carboxylic acids is 1. The number of primary amides is 1. The van der Waals surface area contributed by atoms with Crippen molar-refractivity contribution in [3.63, 3.8) is 0 Å². The zero-order valence-electron chi connectivity index (χ0n) is 6.97. The van der Waals surface area contributed by atoms with Crippen LogP contribution in [0, 0.1) is 0 Å². The summed E-state index contributed by atoms with van der Waals surface area (Å²) in [6.07, 6.45) is 0.670. The van der Waals surface area contributed by atoms with Gasteiger partial charge in [0.25, 0.3) is 5.91 Å². The summed E-state index contributed by atoms with van der Waals surface area (Å²) in [5, 5.41) is 0.667. The van der Waals surface area contributed by atoms with Crippen LogP contribution in [-0.2, 0) is 6.42 Å². The number of rotatable bonds is 2. The number of halogens is 2. The minimum absolute atomic E-state index is 0.0900. The molecule has 13 heavy (non-hydrogen) atoms. The Morgan fingerprint density at radius 2 is 2.23 bits per heavy atom. The molecule has 0 aliphatic rings. The van der Waals surface area contributed by atoms with Crippen LogP contribution in [0.25, 0.3) is 0 Å². The molecule has 1 rings (SSSR count). The SMILES string of the molecule is CCc1c(Cl)cc(C(N)=O)nc1Cl. The molecule has 0 bridgehead atoms. The van der Waals surface area contributed by atoms with E-state index in [0.717, 1.165) is 5.56 Å². The average Bonchev–Trinajstić information content (AvgIpc) is 2.03. The van der Waals surface area contributed by atoms with Gasteiger partial charge in [0.2, 0.25) is 0 Å². The summed E-state index contributed by atoms with van der Waals surface area (Å²) in [7, 11) is 0. The summed E-state index contributed by atoms with van der Waals surface area (Å²) in [4.78, 5) is 14.6. The van der Waals surface area contributed by atoms with Crippen molar-refractivity contribution in [2.45, 2.75) is 13.3 Å². The fourth-order valence-electron chi connectivity index (χ4n) is 0.952. The van der Waals surface area contributed by atoms with Crippen LogP contribution in [0.3, 0.4) is 0 Å². The minimum Gasteiger partial charge on any atom is -0.364 e. The van der Waals surface area contributed by atoms with Crippen molar-refractivity contribution in [2.24, 2.45) is 5.73 Å². The number of pyridine rings is 1.